The summed E-state index contributed by atoms with van der Waals surface area (Å²) in [6.07, 6.45) is 2.81. The fraction of sp³-hybridized carbons (Fsp3) is 0.278. The van der Waals surface area contributed by atoms with Gasteiger partial charge in [-0.1, -0.05) is 24.3 Å². The van der Waals surface area contributed by atoms with E-state index in [0.717, 1.165) is 24.8 Å². The Bertz CT molecular complexity index is 909. The van der Waals surface area contributed by atoms with Gasteiger partial charge in [0.25, 0.3) is 5.91 Å². The molecule has 0 saturated heterocycles. The van der Waals surface area contributed by atoms with E-state index in [1.54, 1.807) is 0 Å². The Hall–Kier alpha value is -2.38. The van der Waals surface area contributed by atoms with Crippen LogP contribution in [0.4, 0.5) is 0 Å². The number of benzene rings is 2. The summed E-state index contributed by atoms with van der Waals surface area (Å²) in [5, 5.41) is 8.15. The van der Waals surface area contributed by atoms with Crippen LogP contribution in [0.25, 0.3) is 0 Å². The standard InChI is InChI=1S/C18H20N2O4S/c1-24-17-10-9-13(25(19,22)23)11-15(17)18(21)20-16-8-4-6-12-5-2-3-7-14(12)16/h2-3,5,7,9-11,16H,4,6,8H2,1H3,(H,20,21)(H2,19,22,23)/t16-/m1/s1. The van der Waals surface area contributed by atoms with Gasteiger partial charge in [-0.05, 0) is 48.6 Å². The molecule has 1 atom stereocenters. The number of methoxy groups -OCH3 is 1. The van der Waals surface area contributed by atoms with Crippen molar-refractivity contribution in [3.05, 3.63) is 59.2 Å². The van der Waals surface area contributed by atoms with Crippen LogP contribution in [-0.4, -0.2) is 21.4 Å². The first-order chi connectivity index (χ1) is 11.9. The van der Waals surface area contributed by atoms with Crippen molar-refractivity contribution < 1.29 is 17.9 Å². The minimum absolute atomic E-state index is 0.111. The third-order valence-corrected chi connectivity index (χ3v) is 5.33. The van der Waals surface area contributed by atoms with E-state index < -0.39 is 10.0 Å². The summed E-state index contributed by atoms with van der Waals surface area (Å²) in [7, 11) is -2.47. The molecule has 25 heavy (non-hydrogen) atoms. The lowest BCUT2D eigenvalue weighted by Gasteiger charge is -2.26. The van der Waals surface area contributed by atoms with Crippen LogP contribution in [0.2, 0.25) is 0 Å². The molecule has 3 rings (SSSR count). The molecule has 2 aromatic rings. The Morgan fingerprint density at radius 1 is 1.24 bits per heavy atom. The number of carbonyl (C=O) groups excluding carboxylic acids is 1. The third-order valence-electron chi connectivity index (χ3n) is 4.42. The molecule has 6 nitrogen and oxygen atoms in total. The van der Waals surface area contributed by atoms with E-state index in [1.807, 2.05) is 18.2 Å². The summed E-state index contributed by atoms with van der Waals surface area (Å²) in [5.41, 5.74) is 2.48. The second-order valence-corrected chi connectivity index (χ2v) is 7.59. The van der Waals surface area contributed by atoms with Crippen molar-refractivity contribution >= 4 is 15.9 Å². The zero-order valence-corrected chi connectivity index (χ0v) is 14.7. The second-order valence-electron chi connectivity index (χ2n) is 6.02. The number of sulfonamides is 1. The van der Waals surface area contributed by atoms with Gasteiger partial charge in [-0.15, -0.1) is 0 Å². The molecule has 132 valence electrons. The molecule has 0 spiro atoms. The number of fused-ring (bicyclic) bond motifs is 1. The molecule has 0 aliphatic heterocycles. The average molecular weight is 360 g/mol. The highest BCUT2D eigenvalue weighted by Crippen LogP contribution is 2.30. The number of ether oxygens (including phenoxy) is 1. The Morgan fingerprint density at radius 2 is 2.00 bits per heavy atom. The molecule has 3 N–H and O–H groups in total. The molecule has 7 heteroatoms. The van der Waals surface area contributed by atoms with Crippen LogP contribution in [0.3, 0.4) is 0 Å². The van der Waals surface area contributed by atoms with Crippen LogP contribution in [0.15, 0.2) is 47.4 Å². The van der Waals surface area contributed by atoms with E-state index in [4.69, 9.17) is 9.88 Å². The molecular weight excluding hydrogens is 340 g/mol. The Balaban J connectivity index is 1.92. The number of hydrogen-bond donors (Lipinski definition) is 2. The number of carbonyl (C=O) groups is 1. The molecule has 2 aromatic carbocycles. The van der Waals surface area contributed by atoms with Gasteiger partial charge in [-0.3, -0.25) is 4.79 Å². The van der Waals surface area contributed by atoms with Crippen molar-refractivity contribution in [3.8, 4) is 5.75 Å². The molecule has 0 aromatic heterocycles. The van der Waals surface area contributed by atoms with Gasteiger partial charge >= 0.3 is 0 Å². The van der Waals surface area contributed by atoms with Gasteiger partial charge in [0.05, 0.1) is 23.6 Å². The number of aryl methyl sites for hydroxylation is 1. The fourth-order valence-electron chi connectivity index (χ4n) is 3.18. The molecule has 0 saturated carbocycles. The first-order valence-electron chi connectivity index (χ1n) is 7.99. The van der Waals surface area contributed by atoms with E-state index in [2.05, 4.69) is 11.4 Å². The Morgan fingerprint density at radius 3 is 2.72 bits per heavy atom. The largest absolute Gasteiger partial charge is 0.496 e. The van der Waals surface area contributed by atoms with Gasteiger partial charge in [0, 0.05) is 0 Å². The zero-order chi connectivity index (χ0) is 18.0. The van der Waals surface area contributed by atoms with E-state index in [-0.39, 0.29) is 22.4 Å². The topological polar surface area (TPSA) is 98.5 Å². The quantitative estimate of drug-likeness (QED) is 0.873. The molecular formula is C18H20N2O4S. The van der Waals surface area contributed by atoms with Crippen molar-refractivity contribution in [1.82, 2.24) is 5.32 Å². The van der Waals surface area contributed by atoms with Gasteiger partial charge < -0.3 is 10.1 Å². The summed E-state index contributed by atoms with van der Waals surface area (Å²) in [5.74, 6) is -0.0851. The lowest BCUT2D eigenvalue weighted by molar-refractivity contribution is 0.0929. The number of primary sulfonamides is 1. The Labute approximate surface area is 147 Å². The second kappa shape index (κ2) is 6.85. The van der Waals surface area contributed by atoms with Gasteiger partial charge in [0.2, 0.25) is 10.0 Å². The van der Waals surface area contributed by atoms with Crippen LogP contribution in [0, 0.1) is 0 Å². The van der Waals surface area contributed by atoms with Crippen LogP contribution in [0.5, 0.6) is 5.75 Å². The molecule has 0 radical (unpaired) electrons. The van der Waals surface area contributed by atoms with Crippen LogP contribution >= 0.6 is 0 Å². The number of amides is 1. The smallest absolute Gasteiger partial charge is 0.255 e. The average Bonchev–Trinajstić information content (AvgIpc) is 2.60. The summed E-state index contributed by atoms with van der Waals surface area (Å²) < 4.78 is 28.3. The Kier molecular flexibility index (Phi) is 4.78. The van der Waals surface area contributed by atoms with Gasteiger partial charge in [0.15, 0.2) is 0 Å². The maximum Gasteiger partial charge on any atom is 0.255 e. The normalized spacial score (nSPS) is 16.8. The van der Waals surface area contributed by atoms with Gasteiger partial charge in [0.1, 0.15) is 5.75 Å². The van der Waals surface area contributed by atoms with Crippen molar-refractivity contribution in [3.63, 3.8) is 0 Å². The maximum atomic E-state index is 12.8. The highest BCUT2D eigenvalue weighted by atomic mass is 32.2. The third kappa shape index (κ3) is 3.67. The van der Waals surface area contributed by atoms with Crippen molar-refractivity contribution in [2.75, 3.05) is 7.11 Å². The molecule has 0 heterocycles. The van der Waals surface area contributed by atoms with Gasteiger partial charge in [-0.25, -0.2) is 13.6 Å². The van der Waals surface area contributed by atoms with E-state index >= 15 is 0 Å². The minimum Gasteiger partial charge on any atom is -0.496 e. The molecule has 0 unspecified atom stereocenters. The lowest BCUT2D eigenvalue weighted by Crippen LogP contribution is -2.31. The molecule has 1 amide bonds. The monoisotopic (exact) mass is 360 g/mol. The maximum absolute atomic E-state index is 12.8. The zero-order valence-electron chi connectivity index (χ0n) is 13.9. The molecule has 1 aliphatic carbocycles. The predicted molar refractivity (Wildman–Crippen MR) is 94.0 cm³/mol. The van der Waals surface area contributed by atoms with E-state index in [1.165, 1.54) is 30.9 Å². The predicted octanol–water partition coefficient (Wildman–Crippen LogP) is 2.15. The van der Waals surface area contributed by atoms with E-state index in [0.29, 0.717) is 5.75 Å². The molecule has 0 bridgehead atoms. The van der Waals surface area contributed by atoms with Crippen molar-refractivity contribution in [2.24, 2.45) is 5.14 Å². The van der Waals surface area contributed by atoms with Crippen molar-refractivity contribution in [2.45, 2.75) is 30.2 Å². The highest BCUT2D eigenvalue weighted by Gasteiger charge is 2.24. The van der Waals surface area contributed by atoms with Crippen LogP contribution in [0.1, 0.15) is 40.4 Å². The summed E-state index contributed by atoms with van der Waals surface area (Å²) in [6, 6.07) is 11.9. The summed E-state index contributed by atoms with van der Waals surface area (Å²) in [6.45, 7) is 0. The SMILES string of the molecule is COc1ccc(S(N)(=O)=O)cc1C(=O)N[C@@H]1CCCc2ccccc21. The first kappa shape index (κ1) is 17.4. The lowest BCUT2D eigenvalue weighted by atomic mass is 9.87. The fourth-order valence-corrected chi connectivity index (χ4v) is 3.72. The minimum atomic E-state index is -3.90. The summed E-state index contributed by atoms with van der Waals surface area (Å²) in [4.78, 5) is 12.6. The van der Waals surface area contributed by atoms with E-state index in [9.17, 15) is 13.2 Å². The van der Waals surface area contributed by atoms with Crippen LogP contribution < -0.4 is 15.2 Å². The first-order valence-corrected chi connectivity index (χ1v) is 9.54. The van der Waals surface area contributed by atoms with Crippen LogP contribution in [-0.2, 0) is 16.4 Å². The number of rotatable bonds is 4. The highest BCUT2D eigenvalue weighted by molar-refractivity contribution is 7.89. The summed E-state index contributed by atoms with van der Waals surface area (Å²) >= 11 is 0. The van der Waals surface area contributed by atoms with Crippen molar-refractivity contribution in [1.29, 1.82) is 0 Å². The van der Waals surface area contributed by atoms with Gasteiger partial charge in [-0.2, -0.15) is 0 Å². The number of hydrogen-bond acceptors (Lipinski definition) is 4. The molecule has 0 fully saturated rings. The number of nitrogens with one attached hydrogen (secondary N) is 1. The number of nitrogens with two attached hydrogens (primary N) is 1. The molecule has 1 aliphatic rings.